The molecule has 0 amide bonds. The van der Waals surface area contributed by atoms with E-state index in [1.54, 1.807) is 62.6 Å². The summed E-state index contributed by atoms with van der Waals surface area (Å²) in [4.78, 5) is 30.5. The minimum atomic E-state index is -0.932. The fourth-order valence-corrected chi connectivity index (χ4v) is 4.64. The molecule has 3 aromatic carbocycles. The van der Waals surface area contributed by atoms with Gasteiger partial charge in [0, 0.05) is 10.0 Å². The normalized spacial score (nSPS) is 12.1. The average molecular weight is 606 g/mol. The number of carbonyl (C=O) groups is 1. The van der Waals surface area contributed by atoms with Gasteiger partial charge in [-0.25, -0.2) is 9.78 Å². The molecule has 10 nitrogen and oxygen atoms in total. The summed E-state index contributed by atoms with van der Waals surface area (Å²) in [5.74, 6) is 1.15. The number of para-hydroxylation sites is 1. The van der Waals surface area contributed by atoms with E-state index in [-0.39, 0.29) is 11.6 Å². The van der Waals surface area contributed by atoms with E-state index >= 15 is 0 Å². The Hall–Kier alpha value is -4.64. The van der Waals surface area contributed by atoms with Gasteiger partial charge >= 0.3 is 5.97 Å². The van der Waals surface area contributed by atoms with Crippen LogP contribution in [-0.4, -0.2) is 49.3 Å². The third-order valence-electron chi connectivity index (χ3n) is 6.12. The van der Waals surface area contributed by atoms with Crippen LogP contribution in [0.4, 0.5) is 0 Å². The molecule has 0 fully saturated rings. The number of aromatic nitrogens is 2. The zero-order valence-electron chi connectivity index (χ0n) is 22.0. The zero-order valence-corrected chi connectivity index (χ0v) is 23.6. The lowest BCUT2D eigenvalue weighted by atomic mass is 10.2. The van der Waals surface area contributed by atoms with E-state index in [0.717, 1.165) is 10.1 Å². The van der Waals surface area contributed by atoms with Gasteiger partial charge < -0.3 is 23.4 Å². The predicted octanol–water partition coefficient (Wildman–Crippen LogP) is 5.41. The summed E-state index contributed by atoms with van der Waals surface area (Å²) in [6.07, 6.45) is 0.496. The molecule has 5 rings (SSSR count). The number of rotatable bonds is 8. The van der Waals surface area contributed by atoms with Crippen molar-refractivity contribution in [3.8, 4) is 28.8 Å². The number of hydrogen-bond donors (Lipinski definition) is 0. The van der Waals surface area contributed by atoms with Gasteiger partial charge in [-0.05, 0) is 49.4 Å². The SMILES string of the molecule is COC(=O)[C@@H](C)Oc1c(C=Nn2c(-c3cc4c(OC)cccc4o3)nc3ccccc3c2=O)cc(Br)cc1OC. The molecule has 40 heavy (non-hydrogen) atoms. The number of hydrogen-bond acceptors (Lipinski definition) is 9. The summed E-state index contributed by atoms with van der Waals surface area (Å²) in [7, 11) is 4.32. The van der Waals surface area contributed by atoms with Gasteiger partial charge in [0.25, 0.3) is 5.56 Å². The molecule has 0 saturated heterocycles. The largest absolute Gasteiger partial charge is 0.496 e. The summed E-state index contributed by atoms with van der Waals surface area (Å²) in [5, 5.41) is 5.62. The number of furan rings is 1. The van der Waals surface area contributed by atoms with Gasteiger partial charge in [-0.3, -0.25) is 4.79 Å². The summed E-state index contributed by atoms with van der Waals surface area (Å²) in [6.45, 7) is 1.56. The van der Waals surface area contributed by atoms with Crippen molar-refractivity contribution < 1.29 is 28.2 Å². The van der Waals surface area contributed by atoms with E-state index in [4.69, 9.17) is 28.3 Å². The summed E-state index contributed by atoms with van der Waals surface area (Å²) >= 11 is 3.46. The molecule has 0 spiro atoms. The molecular weight excluding hydrogens is 582 g/mol. The van der Waals surface area contributed by atoms with Gasteiger partial charge in [-0.2, -0.15) is 9.78 Å². The first kappa shape index (κ1) is 26.9. The molecule has 0 saturated carbocycles. The quantitative estimate of drug-likeness (QED) is 0.170. The number of methoxy groups -OCH3 is 3. The van der Waals surface area contributed by atoms with Crippen molar-refractivity contribution in [2.75, 3.05) is 21.3 Å². The second kappa shape index (κ2) is 11.2. The van der Waals surface area contributed by atoms with E-state index < -0.39 is 17.6 Å². The Morgan fingerprint density at radius 1 is 1.02 bits per heavy atom. The van der Waals surface area contributed by atoms with Crippen LogP contribution in [0.5, 0.6) is 17.2 Å². The van der Waals surface area contributed by atoms with Crippen LogP contribution in [0.1, 0.15) is 12.5 Å². The summed E-state index contributed by atoms with van der Waals surface area (Å²) < 4.78 is 29.6. The van der Waals surface area contributed by atoms with Gasteiger partial charge in [0.15, 0.2) is 23.4 Å². The van der Waals surface area contributed by atoms with Crippen LogP contribution in [0, 0.1) is 0 Å². The Labute approximate surface area is 236 Å². The smallest absolute Gasteiger partial charge is 0.346 e. The van der Waals surface area contributed by atoms with Gasteiger partial charge in [0.05, 0.1) is 43.8 Å². The van der Waals surface area contributed by atoms with Crippen LogP contribution in [0.15, 0.2) is 79.4 Å². The fourth-order valence-electron chi connectivity index (χ4n) is 4.19. The highest BCUT2D eigenvalue weighted by Crippen LogP contribution is 2.36. The lowest BCUT2D eigenvalue weighted by Gasteiger charge is -2.17. The number of nitrogens with zero attached hydrogens (tertiary/aromatic N) is 3. The minimum absolute atomic E-state index is 0.186. The number of ether oxygens (including phenoxy) is 4. The van der Waals surface area contributed by atoms with Crippen molar-refractivity contribution >= 4 is 50.0 Å². The van der Waals surface area contributed by atoms with Crippen LogP contribution in [0.3, 0.4) is 0 Å². The van der Waals surface area contributed by atoms with E-state index in [1.165, 1.54) is 20.4 Å². The number of fused-ring (bicyclic) bond motifs is 2. The maximum atomic E-state index is 13.7. The lowest BCUT2D eigenvalue weighted by Crippen LogP contribution is -2.25. The van der Waals surface area contributed by atoms with Crippen LogP contribution < -0.4 is 19.8 Å². The molecule has 2 aromatic heterocycles. The van der Waals surface area contributed by atoms with Crippen molar-refractivity contribution in [2.45, 2.75) is 13.0 Å². The average Bonchev–Trinajstić information content (AvgIpc) is 3.41. The first-order valence-electron chi connectivity index (χ1n) is 12.1. The molecule has 11 heteroatoms. The molecule has 5 aromatic rings. The minimum Gasteiger partial charge on any atom is -0.496 e. The standard InChI is InChI=1S/C29H24BrN3O7/c1-16(29(35)38-4)39-26-17(12-18(30)13-24(26)37-3)15-31-33-27(32-21-9-6-5-8-19(21)28(33)34)25-14-20-22(36-2)10-7-11-23(20)40-25/h5-16H,1-4H3/t16-/m1/s1. The number of carbonyl (C=O) groups excluding carboxylic acids is 1. The third-order valence-corrected chi connectivity index (χ3v) is 6.58. The van der Waals surface area contributed by atoms with Crippen molar-refractivity contribution in [3.63, 3.8) is 0 Å². The molecular formula is C29H24BrN3O7. The number of halogens is 1. The second-order valence-corrected chi connectivity index (χ2v) is 9.52. The van der Waals surface area contributed by atoms with Crippen LogP contribution in [0.25, 0.3) is 33.5 Å². The molecule has 0 radical (unpaired) electrons. The van der Waals surface area contributed by atoms with Gasteiger partial charge in [0.1, 0.15) is 11.3 Å². The van der Waals surface area contributed by atoms with E-state index in [9.17, 15) is 9.59 Å². The van der Waals surface area contributed by atoms with Crippen molar-refractivity contribution in [1.82, 2.24) is 9.66 Å². The summed E-state index contributed by atoms with van der Waals surface area (Å²) in [5.41, 5.74) is 1.08. The molecule has 0 unspecified atom stereocenters. The van der Waals surface area contributed by atoms with E-state index in [2.05, 4.69) is 21.0 Å². The Bertz CT molecular complexity index is 1830. The highest BCUT2D eigenvalue weighted by Gasteiger charge is 2.21. The molecule has 204 valence electrons. The molecule has 0 aliphatic heterocycles. The van der Waals surface area contributed by atoms with Crippen LogP contribution in [-0.2, 0) is 9.53 Å². The zero-order chi connectivity index (χ0) is 28.4. The highest BCUT2D eigenvalue weighted by molar-refractivity contribution is 9.10. The Kier molecular flexibility index (Phi) is 7.56. The Morgan fingerprint density at radius 3 is 2.55 bits per heavy atom. The first-order valence-corrected chi connectivity index (χ1v) is 12.9. The van der Waals surface area contributed by atoms with E-state index in [0.29, 0.717) is 43.8 Å². The molecule has 0 aliphatic rings. The first-order chi connectivity index (χ1) is 19.3. The second-order valence-electron chi connectivity index (χ2n) is 8.61. The maximum Gasteiger partial charge on any atom is 0.346 e. The topological polar surface area (TPSA) is 114 Å². The molecule has 0 N–H and O–H groups in total. The van der Waals surface area contributed by atoms with Crippen LogP contribution in [0.2, 0.25) is 0 Å². The Balaban J connectivity index is 1.70. The molecule has 0 bridgehead atoms. The molecule has 0 aliphatic carbocycles. The van der Waals surface area contributed by atoms with Gasteiger partial charge in [-0.1, -0.05) is 34.1 Å². The number of benzene rings is 3. The number of esters is 1. The lowest BCUT2D eigenvalue weighted by molar-refractivity contribution is -0.147. The molecule has 2 heterocycles. The maximum absolute atomic E-state index is 13.7. The van der Waals surface area contributed by atoms with Crippen LogP contribution >= 0.6 is 15.9 Å². The van der Waals surface area contributed by atoms with Crippen molar-refractivity contribution in [2.24, 2.45) is 5.10 Å². The fraction of sp³-hybridized carbons (Fsp3) is 0.172. The van der Waals surface area contributed by atoms with Crippen molar-refractivity contribution in [1.29, 1.82) is 0 Å². The predicted molar refractivity (Wildman–Crippen MR) is 154 cm³/mol. The molecule has 1 atom stereocenters. The Morgan fingerprint density at radius 2 is 1.80 bits per heavy atom. The highest BCUT2D eigenvalue weighted by atomic mass is 79.9. The monoisotopic (exact) mass is 605 g/mol. The van der Waals surface area contributed by atoms with Gasteiger partial charge in [0.2, 0.25) is 5.82 Å². The third kappa shape index (κ3) is 5.03. The van der Waals surface area contributed by atoms with Crippen molar-refractivity contribution in [3.05, 3.63) is 81.1 Å². The van der Waals surface area contributed by atoms with E-state index in [1.807, 2.05) is 12.1 Å². The summed E-state index contributed by atoms with van der Waals surface area (Å²) in [6, 6.07) is 17.6. The van der Waals surface area contributed by atoms with Gasteiger partial charge in [-0.15, -0.1) is 0 Å².